The van der Waals surface area contributed by atoms with Gasteiger partial charge in [0.2, 0.25) is 0 Å². The number of hydrogen-bond acceptors (Lipinski definition) is 2. The third-order valence-electron chi connectivity index (χ3n) is 2.75. The lowest BCUT2D eigenvalue weighted by Crippen LogP contribution is -2.26. The molecule has 0 radical (unpaired) electrons. The second-order valence-electron chi connectivity index (χ2n) is 4.08. The molecule has 1 amide bonds. The molecule has 2 aromatic carbocycles. The van der Waals surface area contributed by atoms with E-state index in [4.69, 9.17) is 5.73 Å². The van der Waals surface area contributed by atoms with Crippen LogP contribution in [0.2, 0.25) is 0 Å². The molecule has 0 fully saturated rings. The largest absolute Gasteiger partial charge is 0.399 e. The van der Waals surface area contributed by atoms with E-state index in [0.717, 1.165) is 0 Å². The van der Waals surface area contributed by atoms with Crippen molar-refractivity contribution in [1.29, 1.82) is 0 Å². The maximum absolute atomic E-state index is 13.4. The molecule has 3 nitrogen and oxygen atoms in total. The van der Waals surface area contributed by atoms with Gasteiger partial charge in [0, 0.05) is 24.0 Å². The van der Waals surface area contributed by atoms with Gasteiger partial charge < -0.3 is 10.6 Å². The predicted octanol–water partition coefficient (Wildman–Crippen LogP) is 3.45. The van der Waals surface area contributed by atoms with Crippen LogP contribution in [0, 0.1) is 5.82 Å². The number of anilines is 2. The van der Waals surface area contributed by atoms with E-state index in [9.17, 15) is 9.18 Å². The number of amides is 1. The SMILES string of the molecule is CN(C(=O)c1ccc(Br)c(F)c1)c1ccc(N)cc1. The van der Waals surface area contributed by atoms with Crippen molar-refractivity contribution in [2.24, 2.45) is 0 Å². The van der Waals surface area contributed by atoms with Gasteiger partial charge in [-0.2, -0.15) is 0 Å². The van der Waals surface area contributed by atoms with Crippen LogP contribution in [0.5, 0.6) is 0 Å². The van der Waals surface area contributed by atoms with Gasteiger partial charge in [0.05, 0.1) is 4.47 Å². The molecule has 0 aliphatic rings. The molecular weight excluding hydrogens is 311 g/mol. The average molecular weight is 323 g/mol. The number of benzene rings is 2. The van der Waals surface area contributed by atoms with Gasteiger partial charge >= 0.3 is 0 Å². The Morgan fingerprint density at radius 3 is 2.42 bits per heavy atom. The monoisotopic (exact) mass is 322 g/mol. The number of nitrogen functional groups attached to an aromatic ring is 1. The van der Waals surface area contributed by atoms with Crippen molar-refractivity contribution in [2.75, 3.05) is 17.7 Å². The van der Waals surface area contributed by atoms with Crippen LogP contribution in [-0.4, -0.2) is 13.0 Å². The third-order valence-corrected chi connectivity index (χ3v) is 3.39. The minimum Gasteiger partial charge on any atom is -0.399 e. The van der Waals surface area contributed by atoms with Crippen LogP contribution in [0.1, 0.15) is 10.4 Å². The Morgan fingerprint density at radius 1 is 1.21 bits per heavy atom. The molecule has 0 aliphatic carbocycles. The molecule has 0 unspecified atom stereocenters. The van der Waals surface area contributed by atoms with E-state index in [1.807, 2.05) is 0 Å². The van der Waals surface area contributed by atoms with Crippen LogP contribution >= 0.6 is 15.9 Å². The summed E-state index contributed by atoms with van der Waals surface area (Å²) in [6, 6.07) is 11.2. The normalized spacial score (nSPS) is 10.3. The zero-order valence-corrected chi connectivity index (χ0v) is 11.8. The van der Waals surface area contributed by atoms with E-state index in [1.54, 1.807) is 37.4 Å². The first-order valence-corrected chi connectivity index (χ1v) is 6.37. The summed E-state index contributed by atoms with van der Waals surface area (Å²) < 4.78 is 13.8. The van der Waals surface area contributed by atoms with Crippen LogP contribution in [0.3, 0.4) is 0 Å². The van der Waals surface area contributed by atoms with Crippen molar-refractivity contribution < 1.29 is 9.18 Å². The Kier molecular flexibility index (Phi) is 3.85. The average Bonchev–Trinajstić information content (AvgIpc) is 2.41. The molecule has 0 spiro atoms. The van der Waals surface area contributed by atoms with Crippen molar-refractivity contribution in [2.45, 2.75) is 0 Å². The lowest BCUT2D eigenvalue weighted by atomic mass is 10.2. The van der Waals surface area contributed by atoms with Gasteiger partial charge in [-0.05, 0) is 58.4 Å². The maximum Gasteiger partial charge on any atom is 0.258 e. The molecule has 0 saturated carbocycles. The Bertz CT molecular complexity index is 613. The molecule has 0 saturated heterocycles. The first kappa shape index (κ1) is 13.5. The van der Waals surface area contributed by atoms with Gasteiger partial charge in [-0.3, -0.25) is 4.79 Å². The van der Waals surface area contributed by atoms with Crippen molar-refractivity contribution in [3.8, 4) is 0 Å². The van der Waals surface area contributed by atoms with E-state index >= 15 is 0 Å². The molecular formula is C14H12BrFN2O. The minimum atomic E-state index is -0.462. The summed E-state index contributed by atoms with van der Waals surface area (Å²) in [6.45, 7) is 0. The fourth-order valence-corrected chi connectivity index (χ4v) is 1.88. The highest BCUT2D eigenvalue weighted by atomic mass is 79.9. The number of rotatable bonds is 2. The molecule has 0 bridgehead atoms. The summed E-state index contributed by atoms with van der Waals surface area (Å²) in [4.78, 5) is 13.7. The highest BCUT2D eigenvalue weighted by Gasteiger charge is 2.14. The predicted molar refractivity (Wildman–Crippen MR) is 77.7 cm³/mol. The van der Waals surface area contributed by atoms with Crippen LogP contribution < -0.4 is 10.6 Å². The van der Waals surface area contributed by atoms with Crippen molar-refractivity contribution in [1.82, 2.24) is 0 Å². The topological polar surface area (TPSA) is 46.3 Å². The molecule has 2 aromatic rings. The van der Waals surface area contributed by atoms with Gasteiger partial charge in [0.1, 0.15) is 5.82 Å². The van der Waals surface area contributed by atoms with Crippen LogP contribution in [0.15, 0.2) is 46.9 Å². The standard InChI is InChI=1S/C14H12BrFN2O/c1-18(11-5-3-10(17)4-6-11)14(19)9-2-7-12(15)13(16)8-9/h2-8H,17H2,1H3. The molecule has 98 valence electrons. The molecule has 0 atom stereocenters. The fourth-order valence-electron chi connectivity index (χ4n) is 1.64. The second kappa shape index (κ2) is 5.40. The summed E-state index contributed by atoms with van der Waals surface area (Å²) in [5.41, 5.74) is 7.21. The van der Waals surface area contributed by atoms with E-state index in [1.165, 1.54) is 17.0 Å². The van der Waals surface area contributed by atoms with Crippen molar-refractivity contribution in [3.63, 3.8) is 0 Å². The quantitative estimate of drug-likeness (QED) is 0.861. The Morgan fingerprint density at radius 2 is 1.84 bits per heavy atom. The summed E-state index contributed by atoms with van der Waals surface area (Å²) in [5.74, 6) is -0.743. The minimum absolute atomic E-state index is 0.281. The molecule has 5 heteroatoms. The summed E-state index contributed by atoms with van der Waals surface area (Å²) in [5, 5.41) is 0. The van der Waals surface area contributed by atoms with Gasteiger partial charge in [-0.1, -0.05) is 0 Å². The molecule has 2 N–H and O–H groups in total. The molecule has 2 rings (SSSR count). The first-order chi connectivity index (χ1) is 8.99. The number of carbonyl (C=O) groups excluding carboxylic acids is 1. The molecule has 0 aromatic heterocycles. The maximum atomic E-state index is 13.4. The van der Waals surface area contributed by atoms with E-state index in [2.05, 4.69) is 15.9 Å². The summed E-state index contributed by atoms with van der Waals surface area (Å²) in [6.07, 6.45) is 0. The van der Waals surface area contributed by atoms with E-state index in [0.29, 0.717) is 21.4 Å². The highest BCUT2D eigenvalue weighted by molar-refractivity contribution is 9.10. The lowest BCUT2D eigenvalue weighted by Gasteiger charge is -2.17. The van der Waals surface area contributed by atoms with Crippen molar-refractivity contribution >= 4 is 33.2 Å². The number of nitrogens with two attached hydrogens (primary N) is 1. The second-order valence-corrected chi connectivity index (χ2v) is 4.94. The Labute approximate surface area is 119 Å². The number of hydrogen-bond donors (Lipinski definition) is 1. The Hall–Kier alpha value is -1.88. The highest BCUT2D eigenvalue weighted by Crippen LogP contribution is 2.20. The van der Waals surface area contributed by atoms with Crippen LogP contribution in [0.25, 0.3) is 0 Å². The van der Waals surface area contributed by atoms with E-state index < -0.39 is 5.82 Å². The van der Waals surface area contributed by atoms with Crippen LogP contribution in [0.4, 0.5) is 15.8 Å². The van der Waals surface area contributed by atoms with Gasteiger partial charge in [-0.15, -0.1) is 0 Å². The zero-order valence-electron chi connectivity index (χ0n) is 10.2. The smallest absolute Gasteiger partial charge is 0.258 e. The summed E-state index contributed by atoms with van der Waals surface area (Å²) >= 11 is 3.05. The van der Waals surface area contributed by atoms with Crippen molar-refractivity contribution in [3.05, 3.63) is 58.3 Å². The van der Waals surface area contributed by atoms with Gasteiger partial charge in [0.15, 0.2) is 0 Å². The number of carbonyl (C=O) groups is 1. The number of nitrogens with zero attached hydrogens (tertiary/aromatic N) is 1. The zero-order chi connectivity index (χ0) is 14.0. The summed E-state index contributed by atoms with van der Waals surface area (Å²) in [7, 11) is 1.63. The fraction of sp³-hybridized carbons (Fsp3) is 0.0714. The molecule has 19 heavy (non-hydrogen) atoms. The van der Waals surface area contributed by atoms with Gasteiger partial charge in [0.25, 0.3) is 5.91 Å². The van der Waals surface area contributed by atoms with E-state index in [-0.39, 0.29) is 5.91 Å². The molecule has 0 aliphatic heterocycles. The van der Waals surface area contributed by atoms with Gasteiger partial charge in [-0.25, -0.2) is 4.39 Å². The molecule has 0 heterocycles. The lowest BCUT2D eigenvalue weighted by molar-refractivity contribution is 0.0992. The van der Waals surface area contributed by atoms with Crippen LogP contribution in [-0.2, 0) is 0 Å². The Balaban J connectivity index is 2.28. The third kappa shape index (κ3) is 2.93. The first-order valence-electron chi connectivity index (χ1n) is 5.57. The number of halogens is 2.